The Bertz CT molecular complexity index is 961. The smallest absolute Gasteiger partial charge is 0.240 e. The number of hydrogen-bond acceptors (Lipinski definition) is 4. The van der Waals surface area contributed by atoms with Crippen molar-refractivity contribution < 1.29 is 9.18 Å². The Morgan fingerprint density at radius 1 is 1.21 bits per heavy atom. The molecule has 1 amide bonds. The van der Waals surface area contributed by atoms with Crippen LogP contribution in [0.2, 0.25) is 0 Å². The Labute approximate surface area is 137 Å². The third-order valence-corrected chi connectivity index (χ3v) is 4.07. The minimum Gasteiger partial charge on any atom is -0.273 e. The number of nitrogens with zero attached hydrogens (tertiary/aromatic N) is 4. The second-order valence-corrected chi connectivity index (χ2v) is 5.82. The summed E-state index contributed by atoms with van der Waals surface area (Å²) in [5.74, 6) is -0.324. The lowest BCUT2D eigenvalue weighted by Crippen LogP contribution is -2.31. The number of aromatic nitrogens is 3. The summed E-state index contributed by atoms with van der Waals surface area (Å²) in [5, 5.41) is 12.5. The first-order valence-corrected chi connectivity index (χ1v) is 7.60. The van der Waals surface area contributed by atoms with Crippen molar-refractivity contribution >= 4 is 22.7 Å². The second-order valence-electron chi connectivity index (χ2n) is 5.82. The topological polar surface area (TPSA) is 72.2 Å². The summed E-state index contributed by atoms with van der Waals surface area (Å²) in [7, 11) is 0. The molecule has 2 heterocycles. The van der Waals surface area contributed by atoms with Gasteiger partial charge in [-0.15, -0.1) is 5.10 Å². The molecule has 0 radical (unpaired) electrons. The van der Waals surface area contributed by atoms with Crippen molar-refractivity contribution in [3.05, 3.63) is 53.8 Å². The third kappa shape index (κ3) is 2.44. The number of halogens is 1. The van der Waals surface area contributed by atoms with Crippen LogP contribution in [0.3, 0.4) is 0 Å². The van der Waals surface area contributed by atoms with E-state index in [2.05, 4.69) is 20.8 Å². The predicted octanol–water partition coefficient (Wildman–Crippen LogP) is 2.42. The number of nitrogens with one attached hydrogen (secondary N) is 1. The molecule has 120 valence electrons. The lowest BCUT2D eigenvalue weighted by molar-refractivity contribution is -0.121. The van der Waals surface area contributed by atoms with E-state index in [-0.39, 0.29) is 17.6 Å². The molecular weight excluding hydrogens is 309 g/mol. The third-order valence-electron chi connectivity index (χ3n) is 4.07. The summed E-state index contributed by atoms with van der Waals surface area (Å²) in [6.45, 7) is 1.97. The zero-order valence-corrected chi connectivity index (χ0v) is 12.9. The quantitative estimate of drug-likeness (QED) is 0.787. The highest BCUT2D eigenvalue weighted by atomic mass is 19.1. The van der Waals surface area contributed by atoms with Gasteiger partial charge in [-0.05, 0) is 36.4 Å². The van der Waals surface area contributed by atoms with Gasteiger partial charge < -0.3 is 0 Å². The fraction of sp³-hybridized carbons (Fsp3) is 0.176. The van der Waals surface area contributed by atoms with E-state index in [0.717, 1.165) is 22.5 Å². The largest absolute Gasteiger partial charge is 0.273 e. The molecular formula is C17H14FN5O. The first-order chi connectivity index (χ1) is 11.6. The number of carbonyl (C=O) groups excluding carboxylic acids is 1. The van der Waals surface area contributed by atoms with Crippen molar-refractivity contribution in [2.24, 2.45) is 11.0 Å². The van der Waals surface area contributed by atoms with Crippen LogP contribution in [-0.2, 0) is 4.79 Å². The standard InChI is InChI=1S/C17H14FN5O/c1-10-8-16(24)20-21-17(10)11-2-7-15-14(9-11)19-22-23(15)13-5-3-12(18)4-6-13/h2-7,9-10H,8H2,1H3,(H,20,24). The summed E-state index contributed by atoms with van der Waals surface area (Å²) in [6, 6.07) is 11.8. The molecule has 0 saturated heterocycles. The van der Waals surface area contributed by atoms with Crippen molar-refractivity contribution in [1.29, 1.82) is 0 Å². The second kappa shape index (κ2) is 5.52. The lowest BCUT2D eigenvalue weighted by Gasteiger charge is -2.19. The molecule has 7 heteroatoms. The first-order valence-electron chi connectivity index (χ1n) is 7.60. The Morgan fingerprint density at radius 3 is 2.75 bits per heavy atom. The molecule has 1 atom stereocenters. The highest BCUT2D eigenvalue weighted by molar-refractivity contribution is 6.07. The number of benzene rings is 2. The van der Waals surface area contributed by atoms with Crippen molar-refractivity contribution in [3.8, 4) is 5.69 Å². The highest BCUT2D eigenvalue weighted by Crippen LogP contribution is 2.22. The average Bonchev–Trinajstić information content (AvgIpc) is 2.99. The molecule has 0 bridgehead atoms. The summed E-state index contributed by atoms with van der Waals surface area (Å²) in [6.07, 6.45) is 0.416. The molecule has 3 aromatic rings. The van der Waals surface area contributed by atoms with Crippen LogP contribution in [-0.4, -0.2) is 26.6 Å². The molecule has 1 aliphatic rings. The van der Waals surface area contributed by atoms with Gasteiger partial charge in [-0.2, -0.15) is 5.10 Å². The Morgan fingerprint density at radius 2 is 2.00 bits per heavy atom. The van der Waals surface area contributed by atoms with Crippen molar-refractivity contribution in [3.63, 3.8) is 0 Å². The van der Waals surface area contributed by atoms with Crippen LogP contribution in [0.15, 0.2) is 47.6 Å². The summed E-state index contributed by atoms with van der Waals surface area (Å²) >= 11 is 0. The van der Waals surface area contributed by atoms with Crippen LogP contribution in [0.1, 0.15) is 18.9 Å². The fourth-order valence-electron chi connectivity index (χ4n) is 2.86. The van der Waals surface area contributed by atoms with Gasteiger partial charge in [-0.3, -0.25) is 4.79 Å². The fourth-order valence-corrected chi connectivity index (χ4v) is 2.86. The Balaban J connectivity index is 1.76. The first kappa shape index (κ1) is 14.5. The number of fused-ring (bicyclic) bond motifs is 1. The van der Waals surface area contributed by atoms with Gasteiger partial charge in [0.1, 0.15) is 11.3 Å². The average molecular weight is 323 g/mol. The van der Waals surface area contributed by atoms with E-state index in [4.69, 9.17) is 0 Å². The van der Waals surface area contributed by atoms with E-state index < -0.39 is 0 Å². The predicted molar refractivity (Wildman–Crippen MR) is 87.3 cm³/mol. The molecule has 1 aliphatic heterocycles. The Hall–Kier alpha value is -3.09. The molecule has 6 nitrogen and oxygen atoms in total. The van der Waals surface area contributed by atoms with Gasteiger partial charge in [0.05, 0.1) is 16.9 Å². The molecule has 1 unspecified atom stereocenters. The maximum atomic E-state index is 13.1. The van der Waals surface area contributed by atoms with Crippen LogP contribution in [0, 0.1) is 11.7 Å². The van der Waals surface area contributed by atoms with Crippen LogP contribution in [0.25, 0.3) is 16.7 Å². The van der Waals surface area contributed by atoms with Crippen LogP contribution >= 0.6 is 0 Å². The van der Waals surface area contributed by atoms with Crippen LogP contribution < -0.4 is 5.43 Å². The van der Waals surface area contributed by atoms with Gasteiger partial charge in [0.25, 0.3) is 0 Å². The van der Waals surface area contributed by atoms with Crippen molar-refractivity contribution in [2.45, 2.75) is 13.3 Å². The highest BCUT2D eigenvalue weighted by Gasteiger charge is 2.22. The molecule has 0 spiro atoms. The van der Waals surface area contributed by atoms with Gasteiger partial charge >= 0.3 is 0 Å². The van der Waals surface area contributed by atoms with E-state index in [1.807, 2.05) is 25.1 Å². The minimum atomic E-state index is -0.295. The lowest BCUT2D eigenvalue weighted by atomic mass is 9.94. The van der Waals surface area contributed by atoms with E-state index in [1.54, 1.807) is 16.8 Å². The molecule has 1 aromatic heterocycles. The van der Waals surface area contributed by atoms with Crippen LogP contribution in [0.4, 0.5) is 4.39 Å². The van der Waals surface area contributed by atoms with Gasteiger partial charge in [0.15, 0.2) is 0 Å². The van der Waals surface area contributed by atoms with Gasteiger partial charge in [0, 0.05) is 17.9 Å². The van der Waals surface area contributed by atoms with Crippen molar-refractivity contribution in [1.82, 2.24) is 20.4 Å². The van der Waals surface area contributed by atoms with E-state index in [9.17, 15) is 9.18 Å². The normalized spacial score (nSPS) is 17.7. The maximum absolute atomic E-state index is 13.1. The molecule has 2 aromatic carbocycles. The molecule has 0 saturated carbocycles. The molecule has 4 rings (SSSR count). The van der Waals surface area contributed by atoms with E-state index in [1.165, 1.54) is 12.1 Å². The Kier molecular flexibility index (Phi) is 3.34. The van der Waals surface area contributed by atoms with E-state index >= 15 is 0 Å². The zero-order valence-electron chi connectivity index (χ0n) is 12.9. The SMILES string of the molecule is CC1CC(=O)NN=C1c1ccc2c(c1)nnn2-c1ccc(F)cc1. The van der Waals surface area contributed by atoms with E-state index in [0.29, 0.717) is 11.9 Å². The number of rotatable bonds is 2. The monoisotopic (exact) mass is 323 g/mol. The van der Waals surface area contributed by atoms with Gasteiger partial charge in [0.2, 0.25) is 5.91 Å². The summed E-state index contributed by atoms with van der Waals surface area (Å²) in [5.41, 5.74) is 6.52. The van der Waals surface area contributed by atoms with Crippen LogP contribution in [0.5, 0.6) is 0 Å². The van der Waals surface area contributed by atoms with Gasteiger partial charge in [-0.25, -0.2) is 14.5 Å². The number of hydrazone groups is 1. The minimum absolute atomic E-state index is 0.0448. The maximum Gasteiger partial charge on any atom is 0.240 e. The molecule has 0 aliphatic carbocycles. The summed E-state index contributed by atoms with van der Waals surface area (Å²) in [4.78, 5) is 11.4. The number of amides is 1. The summed E-state index contributed by atoms with van der Waals surface area (Å²) < 4.78 is 14.7. The van der Waals surface area contributed by atoms with Crippen molar-refractivity contribution in [2.75, 3.05) is 0 Å². The molecule has 24 heavy (non-hydrogen) atoms. The zero-order chi connectivity index (χ0) is 16.7. The number of hydrogen-bond donors (Lipinski definition) is 1. The number of carbonyl (C=O) groups is 1. The molecule has 1 N–H and O–H groups in total. The molecule has 0 fully saturated rings. The van der Waals surface area contributed by atoms with Gasteiger partial charge in [-0.1, -0.05) is 18.2 Å².